The molecular formula is C14H17NS. The average molecular weight is 231 g/mol. The predicted molar refractivity (Wildman–Crippen MR) is 71.8 cm³/mol. The zero-order valence-electron chi connectivity index (χ0n) is 9.52. The van der Waals surface area contributed by atoms with E-state index in [-0.39, 0.29) is 0 Å². The van der Waals surface area contributed by atoms with Gasteiger partial charge < -0.3 is 5.73 Å². The van der Waals surface area contributed by atoms with Gasteiger partial charge in [-0.2, -0.15) is 0 Å². The Morgan fingerprint density at radius 1 is 1.25 bits per heavy atom. The van der Waals surface area contributed by atoms with Crippen molar-refractivity contribution in [1.82, 2.24) is 0 Å². The van der Waals surface area contributed by atoms with Gasteiger partial charge in [0.25, 0.3) is 0 Å². The summed E-state index contributed by atoms with van der Waals surface area (Å²) in [6, 6.07) is 13.0. The van der Waals surface area contributed by atoms with Crippen LogP contribution in [0.5, 0.6) is 0 Å². The third-order valence-corrected chi connectivity index (χ3v) is 3.78. The van der Waals surface area contributed by atoms with E-state index in [0.29, 0.717) is 5.92 Å². The fourth-order valence-electron chi connectivity index (χ4n) is 1.86. The van der Waals surface area contributed by atoms with Gasteiger partial charge in [0.15, 0.2) is 0 Å². The molecule has 2 rings (SSSR count). The second-order valence-corrected chi connectivity index (χ2v) is 5.03. The molecule has 0 aliphatic carbocycles. The largest absolute Gasteiger partial charge is 0.330 e. The van der Waals surface area contributed by atoms with E-state index in [0.717, 1.165) is 13.0 Å². The summed E-state index contributed by atoms with van der Waals surface area (Å²) >= 11 is 1.79. The Balaban J connectivity index is 2.26. The zero-order valence-corrected chi connectivity index (χ0v) is 10.3. The molecule has 2 heteroatoms. The summed E-state index contributed by atoms with van der Waals surface area (Å²) in [5.74, 6) is 0.546. The lowest BCUT2D eigenvalue weighted by molar-refractivity contribution is 0.690. The highest BCUT2D eigenvalue weighted by atomic mass is 32.1. The molecule has 1 nitrogen and oxygen atoms in total. The SMILES string of the molecule is CC(CCN)c1cccc(-c2cccs2)c1. The van der Waals surface area contributed by atoms with Crippen LogP contribution in [0, 0.1) is 0 Å². The zero-order chi connectivity index (χ0) is 11.4. The summed E-state index contributed by atoms with van der Waals surface area (Å²) in [5.41, 5.74) is 8.30. The normalized spacial score (nSPS) is 12.6. The molecule has 1 aromatic heterocycles. The quantitative estimate of drug-likeness (QED) is 0.849. The van der Waals surface area contributed by atoms with Crippen molar-refractivity contribution in [3.05, 3.63) is 47.3 Å². The molecule has 16 heavy (non-hydrogen) atoms. The Kier molecular flexibility index (Phi) is 3.75. The van der Waals surface area contributed by atoms with Crippen LogP contribution in [0.1, 0.15) is 24.8 Å². The second kappa shape index (κ2) is 5.28. The van der Waals surface area contributed by atoms with E-state index in [1.165, 1.54) is 16.0 Å². The monoisotopic (exact) mass is 231 g/mol. The van der Waals surface area contributed by atoms with Crippen molar-refractivity contribution in [2.75, 3.05) is 6.54 Å². The van der Waals surface area contributed by atoms with Gasteiger partial charge in [-0.3, -0.25) is 0 Å². The van der Waals surface area contributed by atoms with Crippen LogP contribution in [0.3, 0.4) is 0 Å². The molecule has 1 atom stereocenters. The summed E-state index contributed by atoms with van der Waals surface area (Å²) in [7, 11) is 0. The van der Waals surface area contributed by atoms with Gasteiger partial charge in [-0.05, 0) is 41.5 Å². The predicted octanol–water partition coefficient (Wildman–Crippen LogP) is 3.87. The average Bonchev–Trinajstić information content (AvgIpc) is 2.83. The lowest BCUT2D eigenvalue weighted by Gasteiger charge is -2.11. The van der Waals surface area contributed by atoms with Crippen LogP contribution < -0.4 is 5.73 Å². The minimum atomic E-state index is 0.546. The van der Waals surface area contributed by atoms with E-state index in [1.807, 2.05) is 0 Å². The number of rotatable bonds is 4. The number of thiophene rings is 1. The van der Waals surface area contributed by atoms with Crippen LogP contribution in [0.25, 0.3) is 10.4 Å². The molecule has 0 radical (unpaired) electrons. The highest BCUT2D eigenvalue weighted by molar-refractivity contribution is 7.13. The Hall–Kier alpha value is -1.12. The summed E-state index contributed by atoms with van der Waals surface area (Å²) in [6.45, 7) is 2.99. The molecule has 2 aromatic rings. The Morgan fingerprint density at radius 3 is 2.81 bits per heavy atom. The lowest BCUT2D eigenvalue weighted by atomic mass is 9.96. The third kappa shape index (κ3) is 2.52. The summed E-state index contributed by atoms with van der Waals surface area (Å²) in [5, 5.41) is 2.12. The van der Waals surface area contributed by atoms with Crippen molar-refractivity contribution >= 4 is 11.3 Å². The van der Waals surface area contributed by atoms with Gasteiger partial charge in [0.2, 0.25) is 0 Å². The maximum atomic E-state index is 5.60. The fourth-order valence-corrected chi connectivity index (χ4v) is 2.58. The molecule has 0 saturated carbocycles. The van der Waals surface area contributed by atoms with Crippen LogP contribution in [0.4, 0.5) is 0 Å². The van der Waals surface area contributed by atoms with Crippen LogP contribution in [-0.4, -0.2) is 6.54 Å². The standard InChI is InChI=1S/C14H17NS/c1-11(7-8-15)12-4-2-5-13(10-12)14-6-3-9-16-14/h2-6,9-11H,7-8,15H2,1H3. The molecule has 1 unspecified atom stereocenters. The fraction of sp³-hybridized carbons (Fsp3) is 0.286. The summed E-state index contributed by atoms with van der Waals surface area (Å²) in [6.07, 6.45) is 1.05. The van der Waals surface area contributed by atoms with Gasteiger partial charge in [0, 0.05) is 4.88 Å². The third-order valence-electron chi connectivity index (χ3n) is 2.86. The van der Waals surface area contributed by atoms with Gasteiger partial charge in [-0.25, -0.2) is 0 Å². The van der Waals surface area contributed by atoms with Crippen LogP contribution in [0.2, 0.25) is 0 Å². The molecule has 0 aliphatic heterocycles. The molecule has 0 fully saturated rings. The van der Waals surface area contributed by atoms with E-state index in [2.05, 4.69) is 48.7 Å². The maximum Gasteiger partial charge on any atom is 0.0342 e. The van der Waals surface area contributed by atoms with Gasteiger partial charge in [0.05, 0.1) is 0 Å². The van der Waals surface area contributed by atoms with Crippen molar-refractivity contribution < 1.29 is 0 Å². The minimum Gasteiger partial charge on any atom is -0.330 e. The van der Waals surface area contributed by atoms with Crippen molar-refractivity contribution in [2.24, 2.45) is 5.73 Å². The highest BCUT2D eigenvalue weighted by Gasteiger charge is 2.06. The molecule has 0 aliphatic rings. The Labute approximate surface area is 101 Å². The molecule has 84 valence electrons. The van der Waals surface area contributed by atoms with Gasteiger partial charge in [-0.1, -0.05) is 37.3 Å². The van der Waals surface area contributed by atoms with Gasteiger partial charge in [-0.15, -0.1) is 11.3 Å². The molecule has 1 heterocycles. The first-order valence-corrected chi connectivity index (χ1v) is 6.53. The van der Waals surface area contributed by atoms with E-state index in [9.17, 15) is 0 Å². The summed E-state index contributed by atoms with van der Waals surface area (Å²) in [4.78, 5) is 1.33. The van der Waals surface area contributed by atoms with Crippen LogP contribution in [-0.2, 0) is 0 Å². The topological polar surface area (TPSA) is 26.0 Å². The number of hydrogen-bond acceptors (Lipinski definition) is 2. The van der Waals surface area contributed by atoms with Crippen molar-refractivity contribution in [1.29, 1.82) is 0 Å². The van der Waals surface area contributed by atoms with E-state index >= 15 is 0 Å². The maximum absolute atomic E-state index is 5.60. The van der Waals surface area contributed by atoms with Crippen LogP contribution in [0.15, 0.2) is 41.8 Å². The number of hydrogen-bond donors (Lipinski definition) is 1. The van der Waals surface area contributed by atoms with Gasteiger partial charge in [0.1, 0.15) is 0 Å². The van der Waals surface area contributed by atoms with E-state index in [4.69, 9.17) is 5.73 Å². The molecule has 0 saturated heterocycles. The summed E-state index contributed by atoms with van der Waals surface area (Å²) < 4.78 is 0. The first-order valence-electron chi connectivity index (χ1n) is 5.65. The minimum absolute atomic E-state index is 0.546. The van der Waals surface area contributed by atoms with E-state index in [1.54, 1.807) is 11.3 Å². The van der Waals surface area contributed by atoms with Crippen molar-refractivity contribution in [3.8, 4) is 10.4 Å². The van der Waals surface area contributed by atoms with Crippen molar-refractivity contribution in [2.45, 2.75) is 19.3 Å². The molecule has 0 spiro atoms. The Morgan fingerprint density at radius 2 is 2.12 bits per heavy atom. The first-order chi connectivity index (χ1) is 7.81. The molecule has 2 N–H and O–H groups in total. The smallest absolute Gasteiger partial charge is 0.0342 e. The number of nitrogens with two attached hydrogens (primary N) is 1. The first kappa shape index (κ1) is 11.4. The lowest BCUT2D eigenvalue weighted by Crippen LogP contribution is -2.04. The molecule has 1 aromatic carbocycles. The van der Waals surface area contributed by atoms with E-state index < -0.39 is 0 Å². The highest BCUT2D eigenvalue weighted by Crippen LogP contribution is 2.28. The van der Waals surface area contributed by atoms with Crippen LogP contribution >= 0.6 is 11.3 Å². The molecular weight excluding hydrogens is 214 g/mol. The number of benzene rings is 1. The second-order valence-electron chi connectivity index (χ2n) is 4.08. The molecule has 0 amide bonds. The molecule has 0 bridgehead atoms. The Bertz CT molecular complexity index is 434. The van der Waals surface area contributed by atoms with Gasteiger partial charge >= 0.3 is 0 Å². The van der Waals surface area contributed by atoms with Crippen molar-refractivity contribution in [3.63, 3.8) is 0 Å².